The highest BCUT2D eigenvalue weighted by Gasteiger charge is 2.17. The number of hydrogen-bond donors (Lipinski definition) is 0. The lowest BCUT2D eigenvalue weighted by atomic mass is 9.93. The first-order chi connectivity index (χ1) is 26.8. The molecule has 0 radical (unpaired) electrons. The van der Waals surface area contributed by atoms with Crippen molar-refractivity contribution in [2.75, 3.05) is 0 Å². The molecule has 0 aliphatic heterocycles. The molecule has 0 saturated heterocycles. The molecule has 0 fully saturated rings. The molecule has 0 N–H and O–H groups in total. The summed E-state index contributed by atoms with van der Waals surface area (Å²) in [7, 11) is 0. The second kappa shape index (κ2) is 12.1. The Morgan fingerprint density at radius 1 is 0.407 bits per heavy atom. The van der Waals surface area contributed by atoms with Gasteiger partial charge in [-0.1, -0.05) is 115 Å². The monoisotopic (exact) mass is 690 g/mol. The van der Waals surface area contributed by atoms with Gasteiger partial charge in [0.25, 0.3) is 0 Å². The van der Waals surface area contributed by atoms with Crippen LogP contribution in [0.3, 0.4) is 0 Å². The second-order valence-electron chi connectivity index (χ2n) is 13.6. The molecule has 5 nitrogen and oxygen atoms in total. The zero-order chi connectivity index (χ0) is 35.6. The van der Waals surface area contributed by atoms with E-state index in [0.29, 0.717) is 5.82 Å². The zero-order valence-electron chi connectivity index (χ0n) is 29.0. The number of para-hydroxylation sites is 2. The van der Waals surface area contributed by atoms with E-state index < -0.39 is 0 Å². The molecule has 0 aliphatic rings. The summed E-state index contributed by atoms with van der Waals surface area (Å²) in [5.41, 5.74) is 13.0. The van der Waals surface area contributed by atoms with Crippen LogP contribution < -0.4 is 0 Å². The fourth-order valence-corrected chi connectivity index (χ4v) is 7.97. The first kappa shape index (κ1) is 30.3. The SMILES string of the molecule is c1ccc(-c2nc(-c3ccc4oc5cccnc5c4c3)cc(-c3ccc(-c4ccc(-n5c6ccccc6c6ccccc65)cc4)c4ccccc34)n2)cc1. The second-order valence-corrected chi connectivity index (χ2v) is 13.6. The minimum absolute atomic E-state index is 0.673. The summed E-state index contributed by atoms with van der Waals surface area (Å²) >= 11 is 0. The Morgan fingerprint density at radius 3 is 1.80 bits per heavy atom. The Balaban J connectivity index is 1.05. The zero-order valence-corrected chi connectivity index (χ0v) is 29.0. The molecule has 11 aromatic rings. The number of benzene rings is 7. The van der Waals surface area contributed by atoms with E-state index in [4.69, 9.17) is 14.4 Å². The van der Waals surface area contributed by atoms with E-state index in [1.54, 1.807) is 6.20 Å². The van der Waals surface area contributed by atoms with Crippen molar-refractivity contribution in [2.45, 2.75) is 0 Å². The predicted molar refractivity (Wildman–Crippen MR) is 221 cm³/mol. The van der Waals surface area contributed by atoms with E-state index in [1.807, 2.05) is 36.4 Å². The van der Waals surface area contributed by atoms with Gasteiger partial charge in [-0.2, -0.15) is 0 Å². The van der Waals surface area contributed by atoms with Gasteiger partial charge in [0.2, 0.25) is 0 Å². The van der Waals surface area contributed by atoms with E-state index in [-0.39, 0.29) is 0 Å². The molecule has 5 heteroatoms. The van der Waals surface area contributed by atoms with Crippen LogP contribution in [-0.2, 0) is 0 Å². The Hall–Kier alpha value is -7.37. The van der Waals surface area contributed by atoms with Crippen molar-refractivity contribution < 1.29 is 4.42 Å². The van der Waals surface area contributed by atoms with E-state index in [9.17, 15) is 0 Å². The lowest BCUT2D eigenvalue weighted by Gasteiger charge is -2.14. The third kappa shape index (κ3) is 4.83. The number of hydrogen-bond acceptors (Lipinski definition) is 4. The van der Waals surface area contributed by atoms with Gasteiger partial charge >= 0.3 is 0 Å². The van der Waals surface area contributed by atoms with Gasteiger partial charge in [-0.25, -0.2) is 9.97 Å². The first-order valence-electron chi connectivity index (χ1n) is 18.1. The lowest BCUT2D eigenvalue weighted by molar-refractivity contribution is 0.668. The quantitative estimate of drug-likeness (QED) is 0.180. The highest BCUT2D eigenvalue weighted by Crippen LogP contribution is 2.39. The van der Waals surface area contributed by atoms with Crippen LogP contribution in [-0.4, -0.2) is 19.5 Å². The molecule has 0 bridgehead atoms. The molecular weight excluding hydrogens is 661 g/mol. The molecule has 0 unspecified atom stereocenters. The van der Waals surface area contributed by atoms with Crippen molar-refractivity contribution in [3.05, 3.63) is 182 Å². The van der Waals surface area contributed by atoms with Gasteiger partial charge in [-0.05, 0) is 82.6 Å². The highest BCUT2D eigenvalue weighted by atomic mass is 16.3. The van der Waals surface area contributed by atoms with Gasteiger partial charge < -0.3 is 8.98 Å². The minimum Gasteiger partial charge on any atom is -0.454 e. The molecule has 0 amide bonds. The topological polar surface area (TPSA) is 56.7 Å². The smallest absolute Gasteiger partial charge is 0.160 e. The van der Waals surface area contributed by atoms with Crippen LogP contribution >= 0.6 is 0 Å². The van der Waals surface area contributed by atoms with Crippen LogP contribution in [0.1, 0.15) is 0 Å². The number of nitrogens with zero attached hydrogens (tertiary/aromatic N) is 4. The highest BCUT2D eigenvalue weighted by molar-refractivity contribution is 6.10. The molecule has 4 aromatic heterocycles. The van der Waals surface area contributed by atoms with Crippen LogP contribution in [0.4, 0.5) is 0 Å². The maximum atomic E-state index is 6.09. The molecule has 54 heavy (non-hydrogen) atoms. The molecule has 0 spiro atoms. The average molecular weight is 691 g/mol. The summed E-state index contributed by atoms with van der Waals surface area (Å²) in [6.07, 6.45) is 1.80. The van der Waals surface area contributed by atoms with Crippen molar-refractivity contribution in [3.63, 3.8) is 0 Å². The van der Waals surface area contributed by atoms with Gasteiger partial charge in [-0.15, -0.1) is 0 Å². The number of pyridine rings is 1. The summed E-state index contributed by atoms with van der Waals surface area (Å²) in [6.45, 7) is 0. The van der Waals surface area contributed by atoms with E-state index >= 15 is 0 Å². The van der Waals surface area contributed by atoms with Crippen molar-refractivity contribution >= 4 is 54.6 Å². The van der Waals surface area contributed by atoms with Gasteiger partial charge in [0, 0.05) is 44.7 Å². The summed E-state index contributed by atoms with van der Waals surface area (Å²) in [5.74, 6) is 0.673. The maximum Gasteiger partial charge on any atom is 0.160 e. The normalized spacial score (nSPS) is 11.7. The van der Waals surface area contributed by atoms with Crippen LogP contribution in [0.5, 0.6) is 0 Å². The van der Waals surface area contributed by atoms with Crippen LogP contribution in [0.2, 0.25) is 0 Å². The van der Waals surface area contributed by atoms with Crippen molar-refractivity contribution in [1.29, 1.82) is 0 Å². The van der Waals surface area contributed by atoms with Crippen molar-refractivity contribution in [3.8, 4) is 50.7 Å². The number of fused-ring (bicyclic) bond motifs is 7. The van der Waals surface area contributed by atoms with Gasteiger partial charge in [0.1, 0.15) is 11.1 Å². The Labute approximate surface area is 310 Å². The average Bonchev–Trinajstić information content (AvgIpc) is 3.79. The molecule has 7 aromatic carbocycles. The molecule has 0 aliphatic carbocycles. The minimum atomic E-state index is 0.673. The Bertz CT molecular complexity index is 3160. The third-order valence-electron chi connectivity index (χ3n) is 10.5. The standard InChI is InChI=1S/C49H30N4O/c1-2-11-32(12-3-1)49-51-42(33-22-27-46-41(29-33)48-47(54-46)19-10-28-50-48)30-43(52-49)38-26-25-35(36-13-4-5-14-37(36)38)31-20-23-34(24-21-31)53-44-17-8-6-15-39(44)40-16-7-9-18-45(40)53/h1-30H. The Kier molecular flexibility index (Phi) is 6.79. The maximum absolute atomic E-state index is 6.09. The molecular formula is C49H30N4O. The fourth-order valence-electron chi connectivity index (χ4n) is 7.97. The fraction of sp³-hybridized carbons (Fsp3) is 0. The van der Waals surface area contributed by atoms with E-state index in [1.165, 1.54) is 32.8 Å². The summed E-state index contributed by atoms with van der Waals surface area (Å²) < 4.78 is 8.45. The lowest BCUT2D eigenvalue weighted by Crippen LogP contribution is -1.97. The molecule has 11 rings (SSSR count). The molecule has 252 valence electrons. The molecule has 4 heterocycles. The number of aromatic nitrogens is 4. The summed E-state index contributed by atoms with van der Waals surface area (Å²) in [4.78, 5) is 14.9. The van der Waals surface area contributed by atoms with Gasteiger partial charge in [0.15, 0.2) is 11.4 Å². The van der Waals surface area contributed by atoms with Crippen LogP contribution in [0.15, 0.2) is 187 Å². The van der Waals surface area contributed by atoms with E-state index in [0.717, 1.165) is 66.8 Å². The predicted octanol–water partition coefficient (Wildman–Crippen LogP) is 12.7. The molecule has 0 saturated carbocycles. The van der Waals surface area contributed by atoms with Gasteiger partial charge in [-0.3, -0.25) is 4.98 Å². The van der Waals surface area contributed by atoms with Gasteiger partial charge in [0.05, 0.1) is 22.4 Å². The number of rotatable bonds is 5. The largest absolute Gasteiger partial charge is 0.454 e. The number of furan rings is 1. The van der Waals surface area contributed by atoms with Crippen LogP contribution in [0.25, 0.3) is 105 Å². The van der Waals surface area contributed by atoms with E-state index in [2.05, 4.69) is 149 Å². The molecule has 0 atom stereocenters. The summed E-state index contributed by atoms with van der Waals surface area (Å²) in [5, 5.41) is 5.77. The van der Waals surface area contributed by atoms with Crippen molar-refractivity contribution in [2.24, 2.45) is 0 Å². The first-order valence-corrected chi connectivity index (χ1v) is 18.1. The Morgan fingerprint density at radius 2 is 1.04 bits per heavy atom. The summed E-state index contributed by atoms with van der Waals surface area (Å²) in [6, 6.07) is 61.6. The third-order valence-corrected chi connectivity index (χ3v) is 10.5. The van der Waals surface area contributed by atoms with Crippen LogP contribution in [0, 0.1) is 0 Å². The van der Waals surface area contributed by atoms with Crippen molar-refractivity contribution in [1.82, 2.24) is 19.5 Å².